The van der Waals surface area contributed by atoms with E-state index in [0.717, 1.165) is 66.2 Å². The molecule has 2 aliphatic heterocycles. The van der Waals surface area contributed by atoms with Gasteiger partial charge in [-0.15, -0.1) is 11.3 Å². The third-order valence-electron chi connectivity index (χ3n) is 7.52. The lowest BCUT2D eigenvalue weighted by atomic mass is 9.93. The lowest BCUT2D eigenvalue weighted by molar-refractivity contribution is -0.0582. The Kier molecular flexibility index (Phi) is 7.31. The Bertz CT molecular complexity index is 1480. The van der Waals surface area contributed by atoms with Gasteiger partial charge in [0.2, 0.25) is 0 Å². The van der Waals surface area contributed by atoms with E-state index in [-0.39, 0.29) is 29.9 Å². The van der Waals surface area contributed by atoms with Crippen molar-refractivity contribution in [3.8, 4) is 5.69 Å². The molecule has 0 saturated carbocycles. The number of hydrogen-bond acceptors (Lipinski definition) is 8. The fourth-order valence-corrected chi connectivity index (χ4v) is 6.17. The zero-order chi connectivity index (χ0) is 26.8. The van der Waals surface area contributed by atoms with Gasteiger partial charge in [0.05, 0.1) is 17.9 Å². The van der Waals surface area contributed by atoms with E-state index in [4.69, 9.17) is 15.9 Å². The van der Waals surface area contributed by atoms with Crippen molar-refractivity contribution in [2.24, 2.45) is 5.73 Å². The number of benzene rings is 1. The molecule has 0 aliphatic carbocycles. The molecule has 11 nitrogen and oxygen atoms in total. The van der Waals surface area contributed by atoms with Crippen molar-refractivity contribution in [2.45, 2.75) is 49.9 Å². The third kappa shape index (κ3) is 5.82. The molecule has 12 heteroatoms. The fourth-order valence-electron chi connectivity index (χ4n) is 5.56. The van der Waals surface area contributed by atoms with E-state index in [2.05, 4.69) is 37.0 Å². The second-order valence-electron chi connectivity index (χ2n) is 10.2. The summed E-state index contributed by atoms with van der Waals surface area (Å²) in [5.74, 6) is 0.387. The van der Waals surface area contributed by atoms with Crippen LogP contribution in [0.5, 0.6) is 0 Å². The van der Waals surface area contributed by atoms with E-state index in [1.165, 1.54) is 0 Å². The molecule has 1 unspecified atom stereocenters. The molecule has 204 valence electrons. The molecule has 5 heterocycles. The molecule has 4 aromatic rings. The summed E-state index contributed by atoms with van der Waals surface area (Å²) in [7, 11) is 0. The number of hydrogen-bond donors (Lipinski definition) is 6. The highest BCUT2D eigenvalue weighted by Gasteiger charge is 2.31. The van der Waals surface area contributed by atoms with Crippen LogP contribution in [-0.2, 0) is 4.74 Å². The van der Waals surface area contributed by atoms with Gasteiger partial charge < -0.3 is 31.4 Å². The van der Waals surface area contributed by atoms with Crippen LogP contribution in [0, 0.1) is 5.41 Å². The first kappa shape index (κ1) is 25.5. The number of nitrogens with two attached hydrogens (primary N) is 1. The Balaban J connectivity index is 1.20. The number of guanidine groups is 1. The number of rotatable bonds is 8. The zero-order valence-corrected chi connectivity index (χ0v) is 22.3. The normalized spacial score (nSPS) is 23.2. The molecule has 0 spiro atoms. The van der Waals surface area contributed by atoms with Crippen molar-refractivity contribution in [1.29, 1.82) is 5.41 Å². The molecule has 4 atom stereocenters. The summed E-state index contributed by atoms with van der Waals surface area (Å²) < 4.78 is 8.08. The Morgan fingerprint density at radius 2 is 2.15 bits per heavy atom. The van der Waals surface area contributed by atoms with E-state index in [9.17, 15) is 4.79 Å². The number of thiazole rings is 1. The molecule has 0 radical (unpaired) electrons. The second-order valence-corrected chi connectivity index (χ2v) is 11.1. The number of anilines is 1. The number of H-pyrrole nitrogens is 1. The molecular weight excluding hydrogens is 514 g/mol. The van der Waals surface area contributed by atoms with E-state index < -0.39 is 0 Å². The molecule has 2 saturated heterocycles. The summed E-state index contributed by atoms with van der Waals surface area (Å²) in [6.45, 7) is 2.53. The monoisotopic (exact) mass is 547 g/mol. The molecule has 0 bridgehead atoms. The highest BCUT2D eigenvalue weighted by molar-refractivity contribution is 7.13. The van der Waals surface area contributed by atoms with Gasteiger partial charge in [0.1, 0.15) is 5.65 Å². The predicted octanol–water partition coefficient (Wildman–Crippen LogP) is 2.82. The van der Waals surface area contributed by atoms with Crippen molar-refractivity contribution >= 4 is 33.5 Å². The van der Waals surface area contributed by atoms with Crippen molar-refractivity contribution in [1.82, 2.24) is 30.2 Å². The van der Waals surface area contributed by atoms with Crippen molar-refractivity contribution < 1.29 is 4.74 Å². The van der Waals surface area contributed by atoms with Gasteiger partial charge in [-0.05, 0) is 56.0 Å². The van der Waals surface area contributed by atoms with Gasteiger partial charge in [-0.1, -0.05) is 12.1 Å². The largest absolute Gasteiger partial charge is 0.370 e. The number of fused-ring (bicyclic) bond motifs is 1. The Hall–Kier alpha value is -3.74. The highest BCUT2D eigenvalue weighted by Crippen LogP contribution is 2.35. The predicted molar refractivity (Wildman–Crippen MR) is 153 cm³/mol. The van der Waals surface area contributed by atoms with Gasteiger partial charge in [0.25, 0.3) is 0 Å². The van der Waals surface area contributed by atoms with Crippen LogP contribution >= 0.6 is 11.3 Å². The smallest absolute Gasteiger partial charge is 0.354 e. The number of nitrogens with zero attached hydrogens (tertiary/aromatic N) is 3. The standard InChI is InChI=1S/C27H33N9O2S/c28-25(29)31-8-6-21-12-19(33-26-32-9-10-39-26)13-23(38-21)16-1-3-20(4-2-16)36-15-18-11-22(17-5-7-30-14-17)34-24(18)35-27(36)37/h1-4,9-11,15,17,19,21,23,30H,5-8,12-14H2,(H,32,33)(H4,28,29,31)(H,34,35,37)/t17?,19-,21+,23-/m0/s1. The quantitative estimate of drug-likeness (QED) is 0.145. The van der Waals surface area contributed by atoms with Crippen LogP contribution in [0.1, 0.15) is 49.0 Å². The maximum Gasteiger partial charge on any atom is 0.354 e. The molecule has 3 aromatic heterocycles. The van der Waals surface area contributed by atoms with E-state index >= 15 is 0 Å². The summed E-state index contributed by atoms with van der Waals surface area (Å²) >= 11 is 1.58. The number of nitrogens with one attached hydrogen (secondary N) is 5. The number of ether oxygens (including phenoxy) is 1. The first-order valence-electron chi connectivity index (χ1n) is 13.3. The van der Waals surface area contributed by atoms with Gasteiger partial charge in [-0.25, -0.2) is 9.78 Å². The maximum atomic E-state index is 12.9. The van der Waals surface area contributed by atoms with Gasteiger partial charge in [0, 0.05) is 53.9 Å². The van der Waals surface area contributed by atoms with Crippen LogP contribution < -0.4 is 27.4 Å². The minimum Gasteiger partial charge on any atom is -0.370 e. The molecule has 0 amide bonds. The third-order valence-corrected chi connectivity index (χ3v) is 8.22. The van der Waals surface area contributed by atoms with E-state index in [0.29, 0.717) is 18.1 Å². The number of aromatic nitrogens is 4. The lowest BCUT2D eigenvalue weighted by Crippen LogP contribution is -2.39. The van der Waals surface area contributed by atoms with Crippen LogP contribution in [-0.4, -0.2) is 57.3 Å². The SMILES string of the molecule is N=C(N)NCC[C@@H]1C[C@H](Nc2nccs2)C[C@@H](c2ccc(-n3cc4cc(C5CCNC5)[nH]c4nc3=O)cc2)O1. The average molecular weight is 548 g/mol. The zero-order valence-electron chi connectivity index (χ0n) is 21.5. The van der Waals surface area contributed by atoms with E-state index in [1.54, 1.807) is 22.1 Å². The van der Waals surface area contributed by atoms with Crippen molar-refractivity contribution in [2.75, 3.05) is 25.0 Å². The molecule has 39 heavy (non-hydrogen) atoms. The van der Waals surface area contributed by atoms with Crippen LogP contribution in [0.4, 0.5) is 5.13 Å². The summed E-state index contributed by atoms with van der Waals surface area (Å²) in [5, 5.41) is 21.0. The average Bonchev–Trinajstić information content (AvgIpc) is 3.70. The topological polar surface area (TPSA) is 159 Å². The van der Waals surface area contributed by atoms with Crippen LogP contribution in [0.2, 0.25) is 0 Å². The second kappa shape index (κ2) is 11.2. The molecule has 2 aliphatic rings. The summed E-state index contributed by atoms with van der Waals surface area (Å²) in [5.41, 5.74) is 8.71. The summed E-state index contributed by atoms with van der Waals surface area (Å²) in [4.78, 5) is 24.9. The summed E-state index contributed by atoms with van der Waals surface area (Å²) in [6, 6.07) is 10.3. The van der Waals surface area contributed by atoms with Gasteiger partial charge >= 0.3 is 5.69 Å². The van der Waals surface area contributed by atoms with Gasteiger partial charge in [0.15, 0.2) is 11.1 Å². The molecule has 1 aromatic carbocycles. The van der Waals surface area contributed by atoms with Crippen LogP contribution in [0.3, 0.4) is 0 Å². The first-order valence-corrected chi connectivity index (χ1v) is 14.2. The minimum absolute atomic E-state index is 0.000167. The number of aromatic amines is 1. The van der Waals surface area contributed by atoms with Crippen LogP contribution in [0.15, 0.2) is 52.9 Å². The first-order chi connectivity index (χ1) is 19.0. The van der Waals surface area contributed by atoms with Gasteiger partial charge in [-0.2, -0.15) is 4.98 Å². The molecular formula is C27H33N9O2S. The Morgan fingerprint density at radius 1 is 1.28 bits per heavy atom. The maximum absolute atomic E-state index is 12.9. The summed E-state index contributed by atoms with van der Waals surface area (Å²) in [6.07, 6.45) is 7.00. The highest BCUT2D eigenvalue weighted by atomic mass is 32.1. The molecule has 2 fully saturated rings. The Morgan fingerprint density at radius 3 is 2.90 bits per heavy atom. The minimum atomic E-state index is -0.312. The fraction of sp³-hybridized carbons (Fsp3) is 0.407. The Labute approximate surface area is 229 Å². The van der Waals surface area contributed by atoms with Crippen LogP contribution in [0.25, 0.3) is 16.7 Å². The van der Waals surface area contributed by atoms with E-state index in [1.807, 2.05) is 35.8 Å². The lowest BCUT2D eigenvalue weighted by Gasteiger charge is -2.36. The molecule has 6 rings (SSSR count). The molecule has 7 N–H and O–H groups in total. The van der Waals surface area contributed by atoms with Gasteiger partial charge in [-0.3, -0.25) is 9.98 Å². The van der Waals surface area contributed by atoms with Crippen molar-refractivity contribution in [3.05, 3.63) is 69.8 Å². The van der Waals surface area contributed by atoms with Crippen molar-refractivity contribution in [3.63, 3.8) is 0 Å².